The Hall–Kier alpha value is -4.77. The molecule has 2 aromatic carbocycles. The number of halogens is 5. The molecule has 14 heteroatoms. The number of amides is 1. The normalized spacial score (nSPS) is 13.5. The smallest absolute Gasteiger partial charge is 0.310 e. The number of anilines is 1. The SMILES string of the molecule is Cc1ccc(NC(=O)c2cc(C#N)cc(S(F)(F)(F)(F)F)c2)cc1-n1ccn2nc(-c3cnccn3)cc12. The Kier molecular flexibility index (Phi) is 5.15. The number of aryl methyl sites for hydroxylation is 1. The van der Waals surface area contributed by atoms with Crippen molar-refractivity contribution in [2.24, 2.45) is 0 Å². The zero-order valence-corrected chi connectivity index (χ0v) is 20.1. The molecule has 0 spiro atoms. The molecule has 0 unspecified atom stereocenters. The first-order chi connectivity index (χ1) is 17.7. The number of carbonyl (C=O) groups is 1. The van der Waals surface area contributed by atoms with Crippen LogP contribution in [-0.2, 0) is 0 Å². The van der Waals surface area contributed by atoms with Crippen LogP contribution >= 0.6 is 10.2 Å². The number of nitriles is 1. The summed E-state index contributed by atoms with van der Waals surface area (Å²) in [4.78, 5) is 18.7. The number of aromatic nitrogens is 5. The van der Waals surface area contributed by atoms with E-state index in [-0.39, 0.29) is 17.8 Å². The lowest BCUT2D eigenvalue weighted by Gasteiger charge is -2.40. The molecule has 0 aliphatic heterocycles. The Morgan fingerprint density at radius 1 is 1.00 bits per heavy atom. The van der Waals surface area contributed by atoms with Crippen molar-refractivity contribution in [2.45, 2.75) is 11.8 Å². The minimum atomic E-state index is -10.1. The minimum Gasteiger partial charge on any atom is -0.322 e. The Morgan fingerprint density at radius 3 is 2.47 bits per heavy atom. The van der Waals surface area contributed by atoms with Gasteiger partial charge in [0.1, 0.15) is 21.9 Å². The lowest BCUT2D eigenvalue weighted by molar-refractivity contribution is 0.102. The van der Waals surface area contributed by atoms with Crippen molar-refractivity contribution in [3.8, 4) is 23.1 Å². The number of imidazole rings is 1. The van der Waals surface area contributed by atoms with Crippen molar-refractivity contribution in [3.63, 3.8) is 0 Å². The molecule has 0 radical (unpaired) electrons. The van der Waals surface area contributed by atoms with Gasteiger partial charge in [0.05, 0.1) is 23.5 Å². The summed E-state index contributed by atoms with van der Waals surface area (Å²) < 4.78 is 70.2. The van der Waals surface area contributed by atoms with Gasteiger partial charge in [0, 0.05) is 42.1 Å². The second-order valence-corrected chi connectivity index (χ2v) is 10.8. The summed E-state index contributed by atoms with van der Waals surface area (Å²) in [5.74, 6) is -1.09. The van der Waals surface area contributed by atoms with Gasteiger partial charge in [0.2, 0.25) is 0 Å². The molecule has 5 rings (SSSR count). The van der Waals surface area contributed by atoms with Gasteiger partial charge in [-0.05, 0) is 42.8 Å². The highest BCUT2D eigenvalue weighted by Crippen LogP contribution is 3.02. The number of rotatable bonds is 5. The Labute approximate surface area is 211 Å². The first-order valence-electron chi connectivity index (χ1n) is 10.8. The third-order valence-electron chi connectivity index (χ3n) is 5.62. The standard InChI is InChI=1S/C24H16F5N7OS/c1-15-2-3-18(33-24(37)17-8-16(13-30)9-19(10-17)38(25,26,27,28)29)11-22(15)35-6-7-36-23(35)12-20(34-36)21-14-31-4-5-32-21/h2-12,14H,1H3,(H,33,37). The van der Waals surface area contributed by atoms with Crippen LogP contribution in [0.15, 0.2) is 78.3 Å². The molecule has 3 aromatic heterocycles. The number of fused-ring (bicyclic) bond motifs is 1. The molecular weight excluding hydrogens is 529 g/mol. The summed E-state index contributed by atoms with van der Waals surface area (Å²) in [6, 6.07) is 8.81. The van der Waals surface area contributed by atoms with E-state index in [0.717, 1.165) is 11.6 Å². The number of carbonyl (C=O) groups excluding carboxylic acids is 1. The number of nitrogens with zero attached hydrogens (tertiary/aromatic N) is 6. The van der Waals surface area contributed by atoms with Gasteiger partial charge < -0.3 is 5.32 Å². The van der Waals surface area contributed by atoms with Gasteiger partial charge in [-0.15, -0.1) is 0 Å². The topological polar surface area (TPSA) is 101 Å². The molecule has 0 aliphatic rings. The Morgan fingerprint density at radius 2 is 1.79 bits per heavy atom. The van der Waals surface area contributed by atoms with Crippen LogP contribution in [0.5, 0.6) is 0 Å². The van der Waals surface area contributed by atoms with Gasteiger partial charge in [-0.1, -0.05) is 25.5 Å². The summed E-state index contributed by atoms with van der Waals surface area (Å²) in [7, 11) is -10.1. The molecule has 0 aliphatic carbocycles. The maximum Gasteiger partial charge on any atom is 0.310 e. The van der Waals surface area contributed by atoms with Crippen molar-refractivity contribution in [3.05, 3.63) is 90.1 Å². The monoisotopic (exact) mass is 545 g/mol. The van der Waals surface area contributed by atoms with Crippen LogP contribution in [0.1, 0.15) is 21.5 Å². The summed E-state index contributed by atoms with van der Waals surface area (Å²) in [6.45, 7) is 1.81. The fourth-order valence-electron chi connectivity index (χ4n) is 3.81. The molecule has 0 saturated carbocycles. The van der Waals surface area contributed by atoms with E-state index in [1.54, 1.807) is 45.9 Å². The lowest BCUT2D eigenvalue weighted by Crippen LogP contribution is -2.15. The molecule has 0 bridgehead atoms. The first kappa shape index (κ1) is 24.9. The van der Waals surface area contributed by atoms with Crippen LogP contribution in [0.4, 0.5) is 25.1 Å². The quantitative estimate of drug-likeness (QED) is 0.249. The summed E-state index contributed by atoms with van der Waals surface area (Å²) in [6.07, 6.45) is 8.08. The summed E-state index contributed by atoms with van der Waals surface area (Å²) >= 11 is 0. The maximum absolute atomic E-state index is 13.4. The fraction of sp³-hybridized carbons (Fsp3) is 0.0417. The highest BCUT2D eigenvalue weighted by Gasteiger charge is 2.65. The van der Waals surface area contributed by atoms with Gasteiger partial charge in [0.25, 0.3) is 5.91 Å². The predicted molar refractivity (Wildman–Crippen MR) is 131 cm³/mol. The highest BCUT2D eigenvalue weighted by molar-refractivity contribution is 8.45. The molecule has 8 nitrogen and oxygen atoms in total. The average molecular weight is 545 g/mol. The van der Waals surface area contributed by atoms with Gasteiger partial charge in [-0.25, -0.2) is 4.52 Å². The molecular formula is C24H16F5N7OS. The molecule has 38 heavy (non-hydrogen) atoms. The van der Waals surface area contributed by atoms with Crippen LogP contribution in [0, 0.1) is 18.3 Å². The van der Waals surface area contributed by atoms with E-state index in [2.05, 4.69) is 20.4 Å². The van der Waals surface area contributed by atoms with Gasteiger partial charge in [0.15, 0.2) is 0 Å². The van der Waals surface area contributed by atoms with E-state index in [4.69, 9.17) is 5.26 Å². The van der Waals surface area contributed by atoms with Gasteiger partial charge in [-0.3, -0.25) is 19.3 Å². The second kappa shape index (κ2) is 7.86. The molecule has 194 valence electrons. The number of hydrogen-bond acceptors (Lipinski definition) is 5. The van der Waals surface area contributed by atoms with E-state index in [0.29, 0.717) is 22.7 Å². The molecule has 0 fully saturated rings. The number of nitrogens with one attached hydrogen (secondary N) is 1. The van der Waals surface area contributed by atoms with Crippen molar-refractivity contribution < 1.29 is 24.2 Å². The van der Waals surface area contributed by atoms with Crippen LogP contribution in [0.3, 0.4) is 0 Å². The third kappa shape index (κ3) is 4.78. The Balaban J connectivity index is 1.50. The van der Waals surface area contributed by atoms with Gasteiger partial charge in [-0.2, -0.15) is 10.4 Å². The molecule has 0 saturated heterocycles. The van der Waals surface area contributed by atoms with Crippen LogP contribution in [0.2, 0.25) is 0 Å². The van der Waals surface area contributed by atoms with E-state index in [1.807, 2.05) is 6.92 Å². The molecule has 1 N–H and O–H groups in total. The van der Waals surface area contributed by atoms with Crippen LogP contribution < -0.4 is 5.32 Å². The summed E-state index contributed by atoms with van der Waals surface area (Å²) in [5, 5.41) is 15.9. The van der Waals surface area contributed by atoms with E-state index in [1.165, 1.54) is 24.5 Å². The predicted octanol–water partition coefficient (Wildman–Crippen LogP) is 6.67. The molecule has 3 heterocycles. The van der Waals surface area contributed by atoms with Crippen LogP contribution in [-0.4, -0.2) is 30.1 Å². The van der Waals surface area contributed by atoms with E-state index >= 15 is 0 Å². The highest BCUT2D eigenvalue weighted by atomic mass is 32.5. The van der Waals surface area contributed by atoms with Gasteiger partial charge >= 0.3 is 10.2 Å². The molecule has 1 amide bonds. The fourth-order valence-corrected chi connectivity index (χ4v) is 4.51. The molecule has 5 aromatic rings. The lowest BCUT2D eigenvalue weighted by atomic mass is 10.1. The van der Waals surface area contributed by atoms with E-state index in [9.17, 15) is 24.2 Å². The Bertz CT molecular complexity index is 1780. The zero-order chi connectivity index (χ0) is 27.4. The maximum atomic E-state index is 13.4. The zero-order valence-electron chi connectivity index (χ0n) is 19.3. The van der Waals surface area contributed by atoms with E-state index < -0.39 is 32.2 Å². The van der Waals surface area contributed by atoms with Crippen LogP contribution in [0.25, 0.3) is 22.7 Å². The van der Waals surface area contributed by atoms with Crippen molar-refractivity contribution in [1.29, 1.82) is 5.26 Å². The number of hydrogen-bond donors (Lipinski definition) is 1. The molecule has 0 atom stereocenters. The number of benzene rings is 2. The minimum absolute atomic E-state index is 0.0282. The first-order valence-corrected chi connectivity index (χ1v) is 12.7. The van der Waals surface area contributed by atoms with Crippen molar-refractivity contribution >= 4 is 27.5 Å². The third-order valence-corrected chi connectivity index (χ3v) is 6.74. The summed E-state index contributed by atoms with van der Waals surface area (Å²) in [5.41, 5.74) is 1.92. The average Bonchev–Trinajstić information content (AvgIpc) is 3.45. The largest absolute Gasteiger partial charge is 0.322 e. The second-order valence-electron chi connectivity index (χ2n) is 8.37. The van der Waals surface area contributed by atoms with Crippen molar-refractivity contribution in [1.82, 2.24) is 24.1 Å². The van der Waals surface area contributed by atoms with Crippen molar-refractivity contribution in [2.75, 3.05) is 5.32 Å².